The lowest BCUT2D eigenvalue weighted by Crippen LogP contribution is -2.28. The van der Waals surface area contributed by atoms with Gasteiger partial charge in [0, 0.05) is 6.07 Å². The van der Waals surface area contributed by atoms with Gasteiger partial charge in [0.15, 0.2) is 0 Å². The van der Waals surface area contributed by atoms with Crippen LogP contribution in [0.2, 0.25) is 0 Å². The molecule has 25 heavy (non-hydrogen) atoms. The van der Waals surface area contributed by atoms with E-state index in [0.717, 1.165) is 11.1 Å². The summed E-state index contributed by atoms with van der Waals surface area (Å²) >= 11 is 0. The van der Waals surface area contributed by atoms with Crippen molar-refractivity contribution in [1.29, 1.82) is 0 Å². The van der Waals surface area contributed by atoms with Gasteiger partial charge in [-0.2, -0.15) is 0 Å². The monoisotopic (exact) mass is 343 g/mol. The lowest BCUT2D eigenvalue weighted by molar-refractivity contribution is -0.145. The lowest BCUT2D eigenvalue weighted by atomic mass is 9.77. The largest absolute Gasteiger partial charge is 0.492 e. The van der Waals surface area contributed by atoms with Crippen molar-refractivity contribution in [2.24, 2.45) is 0 Å². The molecule has 2 aromatic rings. The van der Waals surface area contributed by atoms with Crippen LogP contribution in [0.25, 0.3) is 0 Å². The molecule has 0 saturated heterocycles. The summed E-state index contributed by atoms with van der Waals surface area (Å²) in [6, 6.07) is 4.95. The maximum atomic E-state index is 11.7. The minimum absolute atomic E-state index is 0.0430. The summed E-state index contributed by atoms with van der Waals surface area (Å²) in [5.41, 5.74) is 7.78. The fourth-order valence-corrected chi connectivity index (χ4v) is 2.84. The number of carbonyl (C=O) groups is 1. The highest BCUT2D eigenvalue weighted by Gasteiger charge is 2.38. The molecule has 0 fully saturated rings. The third-order valence-corrected chi connectivity index (χ3v) is 3.82. The molecular weight excluding hydrogens is 325 g/mol. The topological polar surface area (TPSA) is 117 Å². The summed E-state index contributed by atoms with van der Waals surface area (Å²) in [6.45, 7) is 3.90. The summed E-state index contributed by atoms with van der Waals surface area (Å²) in [6.07, 6.45) is 0.798. The van der Waals surface area contributed by atoms with E-state index >= 15 is 0 Å². The molecule has 3 N–H and O–H groups in total. The van der Waals surface area contributed by atoms with Gasteiger partial charge < -0.3 is 24.9 Å². The zero-order valence-electron chi connectivity index (χ0n) is 13.9. The second-order valence-corrected chi connectivity index (χ2v) is 5.61. The molecule has 0 bridgehead atoms. The molecule has 3 rings (SSSR count). The van der Waals surface area contributed by atoms with Crippen LogP contribution in [0.4, 0.5) is 5.82 Å². The third-order valence-electron chi connectivity index (χ3n) is 3.82. The van der Waals surface area contributed by atoms with Crippen molar-refractivity contribution in [3.8, 4) is 11.6 Å². The van der Waals surface area contributed by atoms with Crippen molar-refractivity contribution >= 4 is 24.4 Å². The van der Waals surface area contributed by atoms with Crippen molar-refractivity contribution in [1.82, 2.24) is 9.97 Å². The second-order valence-electron chi connectivity index (χ2n) is 5.61. The molecule has 1 aliphatic heterocycles. The Labute approximate surface area is 145 Å². The van der Waals surface area contributed by atoms with Crippen LogP contribution in [0, 0.1) is 6.92 Å². The summed E-state index contributed by atoms with van der Waals surface area (Å²) < 4.78 is 16.1. The molecular formula is C16H18BN3O5. The minimum atomic E-state index is -1.13. The number of aryl methyl sites for hydroxylation is 1. The van der Waals surface area contributed by atoms with Crippen LogP contribution >= 0.6 is 0 Å². The van der Waals surface area contributed by atoms with Gasteiger partial charge in [-0.15, -0.1) is 0 Å². The Balaban J connectivity index is 1.86. The molecule has 1 aliphatic rings. The van der Waals surface area contributed by atoms with Crippen LogP contribution in [-0.2, 0) is 14.2 Å². The molecule has 0 saturated carbocycles. The normalized spacial score (nSPS) is 15.8. The molecule has 9 heteroatoms. The first-order valence-electron chi connectivity index (χ1n) is 7.87. The average Bonchev–Trinajstić information content (AvgIpc) is 2.84. The van der Waals surface area contributed by atoms with E-state index in [4.69, 9.17) is 19.9 Å². The lowest BCUT2D eigenvalue weighted by Gasteiger charge is -2.14. The first kappa shape index (κ1) is 17.2. The predicted octanol–water partition coefficient (Wildman–Crippen LogP) is 0.872. The van der Waals surface area contributed by atoms with Gasteiger partial charge in [-0.25, -0.2) is 9.97 Å². The van der Waals surface area contributed by atoms with Crippen molar-refractivity contribution in [2.75, 3.05) is 12.3 Å². The smallest absolute Gasteiger partial charge is 0.466 e. The van der Waals surface area contributed by atoms with E-state index in [2.05, 4.69) is 9.97 Å². The van der Waals surface area contributed by atoms with Crippen LogP contribution in [0.15, 0.2) is 24.5 Å². The predicted molar refractivity (Wildman–Crippen MR) is 90.4 cm³/mol. The molecule has 1 unspecified atom stereocenters. The van der Waals surface area contributed by atoms with E-state index in [1.165, 1.54) is 12.4 Å². The molecule has 1 aromatic carbocycles. The van der Waals surface area contributed by atoms with Gasteiger partial charge in [0.1, 0.15) is 17.9 Å². The third kappa shape index (κ3) is 3.72. The van der Waals surface area contributed by atoms with E-state index in [-0.39, 0.29) is 12.4 Å². The number of ether oxygens (including phenoxy) is 2. The first-order chi connectivity index (χ1) is 12.0. The number of aromatic nitrogens is 2. The Bertz CT molecular complexity index is 801. The number of anilines is 1. The molecule has 0 amide bonds. The number of hydrogen-bond donors (Lipinski definition) is 2. The molecule has 0 spiro atoms. The first-order valence-corrected chi connectivity index (χ1v) is 7.87. The Morgan fingerprint density at radius 3 is 2.92 bits per heavy atom. The van der Waals surface area contributed by atoms with Crippen LogP contribution in [-0.4, -0.2) is 34.7 Å². The number of nitrogens with zero attached hydrogens (tertiary/aromatic N) is 2. The van der Waals surface area contributed by atoms with Crippen LogP contribution < -0.4 is 15.9 Å². The average molecular weight is 343 g/mol. The van der Waals surface area contributed by atoms with Gasteiger partial charge >= 0.3 is 13.1 Å². The maximum absolute atomic E-state index is 11.7. The summed E-state index contributed by atoms with van der Waals surface area (Å²) in [5, 5.41) is 10.2. The Kier molecular flexibility index (Phi) is 4.87. The second kappa shape index (κ2) is 7.08. The highest BCUT2D eigenvalue weighted by atomic mass is 16.5. The van der Waals surface area contributed by atoms with Gasteiger partial charge in [0.2, 0.25) is 5.88 Å². The van der Waals surface area contributed by atoms with Gasteiger partial charge in [0.25, 0.3) is 0 Å². The standard InChI is InChI=1S/C16H18BN3O5/c1-3-23-15(21)6-12-16-9(2)4-10(5-11(16)17(22)25-12)24-14-7-13(18)19-8-20-14/h4-5,7-8,12,22H,3,6H2,1-2H3,(H2,18,19,20). The van der Waals surface area contributed by atoms with Gasteiger partial charge in [-0.1, -0.05) is 0 Å². The number of benzene rings is 1. The Morgan fingerprint density at radius 1 is 1.40 bits per heavy atom. The van der Waals surface area contributed by atoms with Crippen molar-refractivity contribution < 1.29 is 23.9 Å². The van der Waals surface area contributed by atoms with Crippen LogP contribution in [0.3, 0.4) is 0 Å². The SMILES string of the molecule is CCOC(=O)CC1OB(O)c2cc(Oc3cc(N)ncn3)cc(C)c21. The summed E-state index contributed by atoms with van der Waals surface area (Å²) in [5.74, 6) is 0.696. The maximum Gasteiger partial charge on any atom is 0.492 e. The zero-order chi connectivity index (χ0) is 18.0. The number of rotatable bonds is 5. The zero-order valence-corrected chi connectivity index (χ0v) is 13.9. The van der Waals surface area contributed by atoms with Crippen molar-refractivity contribution in [3.05, 3.63) is 35.7 Å². The number of esters is 1. The number of nitrogens with two attached hydrogens (primary N) is 1. The van der Waals surface area contributed by atoms with E-state index in [0.29, 0.717) is 29.5 Å². The summed E-state index contributed by atoms with van der Waals surface area (Å²) in [7, 11) is -1.13. The van der Waals surface area contributed by atoms with Gasteiger partial charge in [0.05, 0.1) is 19.1 Å². The molecule has 2 heterocycles. The van der Waals surface area contributed by atoms with Gasteiger partial charge in [-0.3, -0.25) is 4.79 Å². The highest BCUT2D eigenvalue weighted by Crippen LogP contribution is 2.33. The highest BCUT2D eigenvalue weighted by molar-refractivity contribution is 6.62. The van der Waals surface area contributed by atoms with E-state index in [1.54, 1.807) is 19.1 Å². The summed E-state index contributed by atoms with van der Waals surface area (Å²) in [4.78, 5) is 19.5. The van der Waals surface area contributed by atoms with Crippen LogP contribution in [0.5, 0.6) is 11.6 Å². The molecule has 0 aliphatic carbocycles. The molecule has 0 radical (unpaired) electrons. The number of nitrogen functional groups attached to an aromatic ring is 1. The molecule has 1 aromatic heterocycles. The number of fused-ring (bicyclic) bond motifs is 1. The molecule has 8 nitrogen and oxygen atoms in total. The Hall–Kier alpha value is -2.65. The minimum Gasteiger partial charge on any atom is -0.466 e. The number of hydrogen-bond acceptors (Lipinski definition) is 8. The molecule has 1 atom stereocenters. The molecule has 130 valence electrons. The van der Waals surface area contributed by atoms with Crippen molar-refractivity contribution in [3.63, 3.8) is 0 Å². The fourth-order valence-electron chi connectivity index (χ4n) is 2.84. The van der Waals surface area contributed by atoms with E-state index < -0.39 is 13.2 Å². The fraction of sp³-hybridized carbons (Fsp3) is 0.312. The quantitative estimate of drug-likeness (QED) is 0.607. The van der Waals surface area contributed by atoms with Gasteiger partial charge in [-0.05, 0) is 42.6 Å². The number of carbonyl (C=O) groups excluding carboxylic acids is 1. The van der Waals surface area contributed by atoms with E-state index in [1.807, 2.05) is 6.92 Å². The van der Waals surface area contributed by atoms with Crippen LogP contribution in [0.1, 0.15) is 30.6 Å². The van der Waals surface area contributed by atoms with E-state index in [9.17, 15) is 9.82 Å². The Morgan fingerprint density at radius 2 is 2.20 bits per heavy atom. The van der Waals surface area contributed by atoms with Crippen molar-refractivity contribution in [2.45, 2.75) is 26.4 Å².